The summed E-state index contributed by atoms with van der Waals surface area (Å²) < 4.78 is 0. The summed E-state index contributed by atoms with van der Waals surface area (Å²) in [5.74, 6) is -1.01. The first kappa shape index (κ1) is 23.9. The maximum atomic E-state index is 12.7. The first-order chi connectivity index (χ1) is 17.0. The van der Waals surface area contributed by atoms with Crippen molar-refractivity contribution in [2.24, 2.45) is 11.5 Å². The summed E-state index contributed by atoms with van der Waals surface area (Å²) in [5.41, 5.74) is 17.9. The highest BCUT2D eigenvalue weighted by molar-refractivity contribution is 5.89. The summed E-state index contributed by atoms with van der Waals surface area (Å²) in [6.45, 7) is 0. The Kier molecular flexibility index (Phi) is 7.65. The summed E-state index contributed by atoms with van der Waals surface area (Å²) in [6.07, 6.45) is 4.13. The Morgan fingerprint density at radius 2 is 1.17 bits per heavy atom. The van der Waals surface area contributed by atoms with E-state index in [1.165, 1.54) is 0 Å². The van der Waals surface area contributed by atoms with Gasteiger partial charge in [0.05, 0.1) is 6.04 Å². The molecule has 176 valence electrons. The normalized spacial score (nSPS) is 12.5. The summed E-state index contributed by atoms with van der Waals surface area (Å²) >= 11 is 0. The minimum absolute atomic E-state index is 0.295. The van der Waals surface area contributed by atoms with Crippen molar-refractivity contribution in [2.75, 3.05) is 0 Å². The molecule has 6 nitrogen and oxygen atoms in total. The molecule has 3 aromatic carbocycles. The average Bonchev–Trinajstić information content (AvgIpc) is 2.90. The number of carbonyl (C=O) groups is 2. The highest BCUT2D eigenvalue weighted by atomic mass is 16.2. The highest BCUT2D eigenvalue weighted by Crippen LogP contribution is 2.20. The van der Waals surface area contributed by atoms with Gasteiger partial charge in [0.2, 0.25) is 11.8 Å². The number of hydrogen-bond donors (Lipinski definition) is 3. The van der Waals surface area contributed by atoms with Crippen molar-refractivity contribution in [2.45, 2.75) is 24.9 Å². The number of hydrogen-bond acceptors (Lipinski definition) is 4. The Morgan fingerprint density at radius 1 is 0.686 bits per heavy atom. The summed E-state index contributed by atoms with van der Waals surface area (Å²) in [4.78, 5) is 28.8. The largest absolute Gasteiger partial charge is 0.368 e. The van der Waals surface area contributed by atoms with Crippen molar-refractivity contribution in [1.82, 2.24) is 10.3 Å². The number of nitrogens with two attached hydrogens (primary N) is 2. The molecule has 4 aromatic rings. The molecule has 6 heteroatoms. The van der Waals surface area contributed by atoms with Crippen LogP contribution in [0.3, 0.4) is 0 Å². The van der Waals surface area contributed by atoms with Crippen LogP contribution in [0.25, 0.3) is 22.3 Å². The first-order valence-electron chi connectivity index (χ1n) is 11.5. The van der Waals surface area contributed by atoms with Gasteiger partial charge in [-0.1, -0.05) is 78.9 Å². The van der Waals surface area contributed by atoms with E-state index >= 15 is 0 Å². The number of amides is 2. The molecule has 0 spiro atoms. The molecule has 0 aliphatic rings. The monoisotopic (exact) mass is 464 g/mol. The molecule has 0 bridgehead atoms. The fourth-order valence-corrected chi connectivity index (χ4v) is 3.93. The van der Waals surface area contributed by atoms with E-state index in [1.54, 1.807) is 12.4 Å². The van der Waals surface area contributed by atoms with E-state index in [4.69, 9.17) is 11.5 Å². The minimum atomic E-state index is -0.842. The molecule has 1 aromatic heterocycles. The van der Waals surface area contributed by atoms with Gasteiger partial charge in [-0.2, -0.15) is 0 Å². The van der Waals surface area contributed by atoms with Crippen LogP contribution < -0.4 is 16.8 Å². The van der Waals surface area contributed by atoms with Crippen LogP contribution in [0.1, 0.15) is 11.1 Å². The second kappa shape index (κ2) is 11.2. The van der Waals surface area contributed by atoms with Crippen LogP contribution in [0.15, 0.2) is 103 Å². The van der Waals surface area contributed by atoms with Gasteiger partial charge in [0.25, 0.3) is 0 Å². The second-order valence-electron chi connectivity index (χ2n) is 8.47. The molecule has 2 amide bonds. The van der Waals surface area contributed by atoms with Gasteiger partial charge in [-0.3, -0.25) is 14.6 Å². The van der Waals surface area contributed by atoms with Crippen LogP contribution in [0.5, 0.6) is 0 Å². The number of pyridine rings is 1. The van der Waals surface area contributed by atoms with E-state index in [0.717, 1.165) is 33.4 Å². The molecule has 2 atom stereocenters. The van der Waals surface area contributed by atoms with Gasteiger partial charge in [0.1, 0.15) is 6.04 Å². The van der Waals surface area contributed by atoms with Crippen LogP contribution in [-0.2, 0) is 22.4 Å². The molecular formula is C29H28N4O2. The maximum absolute atomic E-state index is 12.7. The number of nitrogens with one attached hydrogen (secondary N) is 1. The Balaban J connectivity index is 1.35. The molecule has 1 heterocycles. The average molecular weight is 465 g/mol. The van der Waals surface area contributed by atoms with Gasteiger partial charge >= 0.3 is 0 Å². The standard InChI is InChI=1S/C29H28N4O2/c30-26(18-20-6-10-24(11-7-20)25-14-16-32-17-15-25)29(35)33-27(28(31)34)19-21-8-12-23(13-9-21)22-4-2-1-3-5-22/h1-17,26-27H,18-19,30H2,(H2,31,34)(H,33,35). The quantitative estimate of drug-likeness (QED) is 0.352. The number of rotatable bonds is 9. The lowest BCUT2D eigenvalue weighted by molar-refractivity contribution is -0.128. The predicted molar refractivity (Wildman–Crippen MR) is 138 cm³/mol. The topological polar surface area (TPSA) is 111 Å². The third-order valence-electron chi connectivity index (χ3n) is 5.92. The van der Waals surface area contributed by atoms with Gasteiger partial charge in [-0.25, -0.2) is 0 Å². The van der Waals surface area contributed by atoms with Gasteiger partial charge in [-0.15, -0.1) is 0 Å². The van der Waals surface area contributed by atoms with E-state index in [1.807, 2.05) is 91.0 Å². The zero-order valence-electron chi connectivity index (χ0n) is 19.3. The third-order valence-corrected chi connectivity index (χ3v) is 5.92. The fourth-order valence-electron chi connectivity index (χ4n) is 3.93. The molecule has 4 rings (SSSR count). The second-order valence-corrected chi connectivity index (χ2v) is 8.47. The van der Waals surface area contributed by atoms with Gasteiger partial charge in [0.15, 0.2) is 0 Å². The van der Waals surface area contributed by atoms with E-state index in [0.29, 0.717) is 12.8 Å². The fraction of sp³-hybridized carbons (Fsp3) is 0.138. The Bertz CT molecular complexity index is 1260. The van der Waals surface area contributed by atoms with Crippen molar-refractivity contribution >= 4 is 11.8 Å². The van der Waals surface area contributed by atoms with Crippen LogP contribution in [0.4, 0.5) is 0 Å². The molecule has 35 heavy (non-hydrogen) atoms. The number of nitrogens with zero attached hydrogens (tertiary/aromatic N) is 1. The molecule has 0 aliphatic heterocycles. The number of aromatic nitrogens is 1. The van der Waals surface area contributed by atoms with Crippen LogP contribution in [0.2, 0.25) is 0 Å². The van der Waals surface area contributed by atoms with E-state index < -0.39 is 23.9 Å². The molecular weight excluding hydrogens is 436 g/mol. The van der Waals surface area contributed by atoms with Crippen molar-refractivity contribution in [3.05, 3.63) is 115 Å². The lowest BCUT2D eigenvalue weighted by Gasteiger charge is -2.19. The highest BCUT2D eigenvalue weighted by Gasteiger charge is 2.22. The third kappa shape index (κ3) is 6.40. The molecule has 0 saturated carbocycles. The van der Waals surface area contributed by atoms with Crippen molar-refractivity contribution in [3.8, 4) is 22.3 Å². The van der Waals surface area contributed by atoms with E-state index in [2.05, 4.69) is 10.3 Å². The zero-order chi connectivity index (χ0) is 24.6. The van der Waals surface area contributed by atoms with Crippen LogP contribution >= 0.6 is 0 Å². The van der Waals surface area contributed by atoms with Crippen molar-refractivity contribution < 1.29 is 9.59 Å². The summed E-state index contributed by atoms with van der Waals surface area (Å²) in [5, 5.41) is 2.72. The Morgan fingerprint density at radius 3 is 1.71 bits per heavy atom. The van der Waals surface area contributed by atoms with Crippen LogP contribution in [-0.4, -0.2) is 28.9 Å². The number of primary amides is 1. The van der Waals surface area contributed by atoms with Gasteiger partial charge in [0, 0.05) is 18.8 Å². The molecule has 0 aliphatic carbocycles. The Labute approximate surface area is 205 Å². The molecule has 0 radical (unpaired) electrons. The van der Waals surface area contributed by atoms with Gasteiger partial charge in [-0.05, 0) is 51.9 Å². The van der Waals surface area contributed by atoms with Crippen molar-refractivity contribution in [1.29, 1.82) is 0 Å². The summed E-state index contributed by atoms with van der Waals surface area (Å²) in [7, 11) is 0. The number of carbonyl (C=O) groups excluding carboxylic acids is 2. The molecule has 2 unspecified atom stereocenters. The Hall–Kier alpha value is -4.29. The van der Waals surface area contributed by atoms with Gasteiger partial charge < -0.3 is 16.8 Å². The van der Waals surface area contributed by atoms with E-state index in [9.17, 15) is 9.59 Å². The van der Waals surface area contributed by atoms with Crippen molar-refractivity contribution in [3.63, 3.8) is 0 Å². The lowest BCUT2D eigenvalue weighted by atomic mass is 9.99. The lowest BCUT2D eigenvalue weighted by Crippen LogP contribution is -2.51. The first-order valence-corrected chi connectivity index (χ1v) is 11.5. The zero-order valence-corrected chi connectivity index (χ0v) is 19.3. The predicted octanol–water partition coefficient (Wildman–Crippen LogP) is 3.50. The van der Waals surface area contributed by atoms with Crippen LogP contribution in [0, 0.1) is 0 Å². The minimum Gasteiger partial charge on any atom is -0.368 e. The summed E-state index contributed by atoms with van der Waals surface area (Å²) in [6, 6.07) is 28.0. The van der Waals surface area contributed by atoms with E-state index in [-0.39, 0.29) is 0 Å². The maximum Gasteiger partial charge on any atom is 0.240 e. The molecule has 0 fully saturated rings. The SMILES string of the molecule is NC(=O)C(Cc1ccc(-c2ccccc2)cc1)NC(=O)C(N)Cc1ccc(-c2ccncc2)cc1. The number of benzene rings is 3. The molecule has 0 saturated heterocycles. The smallest absolute Gasteiger partial charge is 0.240 e. The molecule has 5 N–H and O–H groups in total.